The van der Waals surface area contributed by atoms with Crippen molar-refractivity contribution in [2.24, 2.45) is 5.92 Å². The van der Waals surface area contributed by atoms with Gasteiger partial charge < -0.3 is 28.4 Å². The Kier molecular flexibility index (Phi) is 29.6. The molecule has 0 aliphatic carbocycles. The molecule has 0 amide bonds. The molecule has 0 aromatic rings. The van der Waals surface area contributed by atoms with Gasteiger partial charge in [-0.1, -0.05) is 72.1 Å². The lowest BCUT2D eigenvalue weighted by Gasteiger charge is -2.15. The highest BCUT2D eigenvalue weighted by Gasteiger charge is 2.06. The van der Waals surface area contributed by atoms with Crippen molar-refractivity contribution < 1.29 is 28.4 Å². The van der Waals surface area contributed by atoms with E-state index in [0.717, 1.165) is 32.0 Å². The van der Waals surface area contributed by atoms with E-state index in [-0.39, 0.29) is 0 Å². The van der Waals surface area contributed by atoms with Crippen LogP contribution < -0.4 is 0 Å². The first-order chi connectivity index (χ1) is 16.3. The van der Waals surface area contributed by atoms with Crippen molar-refractivity contribution in [1.29, 1.82) is 0 Å². The molecule has 6 heteroatoms. The zero-order chi connectivity index (χ0) is 24.1. The smallest absolute Gasteiger partial charge is 0.0701 e. The van der Waals surface area contributed by atoms with Gasteiger partial charge >= 0.3 is 0 Å². The van der Waals surface area contributed by atoms with Crippen LogP contribution in [-0.4, -0.2) is 79.3 Å². The van der Waals surface area contributed by atoms with Crippen LogP contribution in [0, 0.1) is 5.92 Å². The van der Waals surface area contributed by atoms with Gasteiger partial charge in [0.2, 0.25) is 0 Å². The van der Waals surface area contributed by atoms with Crippen LogP contribution in [-0.2, 0) is 28.4 Å². The van der Waals surface area contributed by atoms with E-state index >= 15 is 0 Å². The molecule has 0 aromatic carbocycles. The Labute approximate surface area is 205 Å². The van der Waals surface area contributed by atoms with Crippen molar-refractivity contribution in [3.05, 3.63) is 0 Å². The average molecular weight is 477 g/mol. The first-order valence-corrected chi connectivity index (χ1v) is 13.8. The van der Waals surface area contributed by atoms with E-state index < -0.39 is 0 Å². The van der Waals surface area contributed by atoms with Crippen molar-refractivity contribution in [2.45, 2.75) is 91.4 Å². The average Bonchev–Trinajstić information content (AvgIpc) is 2.82. The van der Waals surface area contributed by atoms with Gasteiger partial charge in [-0.15, -0.1) is 0 Å². The maximum Gasteiger partial charge on any atom is 0.0701 e. The molecule has 0 aliphatic heterocycles. The van der Waals surface area contributed by atoms with Crippen LogP contribution in [0.25, 0.3) is 0 Å². The second kappa shape index (κ2) is 29.8. The highest BCUT2D eigenvalue weighted by atomic mass is 16.6. The van der Waals surface area contributed by atoms with Crippen molar-refractivity contribution in [3.8, 4) is 0 Å². The molecule has 33 heavy (non-hydrogen) atoms. The van der Waals surface area contributed by atoms with E-state index in [1.807, 2.05) is 0 Å². The Balaban J connectivity index is 3.14. The third kappa shape index (κ3) is 27.9. The van der Waals surface area contributed by atoms with Crippen LogP contribution in [0.3, 0.4) is 0 Å². The van der Waals surface area contributed by atoms with E-state index in [2.05, 4.69) is 20.8 Å². The van der Waals surface area contributed by atoms with Gasteiger partial charge in [-0.05, 0) is 25.2 Å². The van der Waals surface area contributed by atoms with E-state index in [4.69, 9.17) is 28.4 Å². The molecule has 0 aliphatic rings. The normalized spacial score (nSPS) is 12.5. The maximum atomic E-state index is 5.69. The van der Waals surface area contributed by atoms with Crippen LogP contribution in [0.15, 0.2) is 0 Å². The van der Waals surface area contributed by atoms with Crippen LogP contribution in [0.2, 0.25) is 0 Å². The number of hydrogen-bond donors (Lipinski definition) is 0. The maximum absolute atomic E-state index is 5.69. The molecule has 6 nitrogen and oxygen atoms in total. The Morgan fingerprint density at radius 3 is 1.15 bits per heavy atom. The zero-order valence-corrected chi connectivity index (χ0v) is 22.3. The summed E-state index contributed by atoms with van der Waals surface area (Å²) >= 11 is 0. The van der Waals surface area contributed by atoms with Crippen LogP contribution in [0.1, 0.15) is 91.4 Å². The van der Waals surface area contributed by atoms with Gasteiger partial charge in [0.05, 0.1) is 66.1 Å². The lowest BCUT2D eigenvalue weighted by Crippen LogP contribution is -2.14. The van der Waals surface area contributed by atoms with Crippen molar-refractivity contribution in [3.63, 3.8) is 0 Å². The predicted molar refractivity (Wildman–Crippen MR) is 136 cm³/mol. The van der Waals surface area contributed by atoms with Gasteiger partial charge in [0.15, 0.2) is 0 Å². The fourth-order valence-electron chi connectivity index (χ4n) is 3.64. The van der Waals surface area contributed by atoms with Crippen molar-refractivity contribution in [2.75, 3.05) is 79.3 Å². The Hall–Kier alpha value is -0.240. The molecular weight excluding hydrogens is 420 g/mol. The summed E-state index contributed by atoms with van der Waals surface area (Å²) in [5.41, 5.74) is 0. The molecule has 0 aromatic heterocycles. The number of unbranched alkanes of at least 4 members (excludes halogenated alkanes) is 4. The van der Waals surface area contributed by atoms with Gasteiger partial charge in [0, 0.05) is 13.2 Å². The first kappa shape index (κ1) is 32.8. The van der Waals surface area contributed by atoms with Crippen LogP contribution in [0.4, 0.5) is 0 Å². The van der Waals surface area contributed by atoms with Crippen LogP contribution in [0.5, 0.6) is 0 Å². The summed E-state index contributed by atoms with van der Waals surface area (Å²) in [7, 11) is 0. The SMILES string of the molecule is CCCCCCOCCOCCOCCOCCOCCOCCCC(CCC)CCCC. The molecule has 0 radical (unpaired) electrons. The minimum atomic E-state index is 0.581. The molecule has 0 spiro atoms. The third-order valence-corrected chi connectivity index (χ3v) is 5.57. The Morgan fingerprint density at radius 1 is 0.333 bits per heavy atom. The first-order valence-electron chi connectivity index (χ1n) is 13.8. The fraction of sp³-hybridized carbons (Fsp3) is 1.00. The summed E-state index contributed by atoms with van der Waals surface area (Å²) in [6.45, 7) is 14.6. The molecule has 0 saturated heterocycles. The highest BCUT2D eigenvalue weighted by Crippen LogP contribution is 2.20. The van der Waals surface area contributed by atoms with E-state index in [9.17, 15) is 0 Å². The zero-order valence-electron chi connectivity index (χ0n) is 22.3. The van der Waals surface area contributed by atoms with Crippen molar-refractivity contribution in [1.82, 2.24) is 0 Å². The molecule has 0 N–H and O–H groups in total. The van der Waals surface area contributed by atoms with E-state index in [0.29, 0.717) is 66.1 Å². The molecule has 200 valence electrons. The van der Waals surface area contributed by atoms with E-state index in [1.165, 1.54) is 57.8 Å². The molecule has 0 heterocycles. The van der Waals surface area contributed by atoms with Gasteiger partial charge in [0.1, 0.15) is 0 Å². The summed E-state index contributed by atoms with van der Waals surface area (Å²) in [6, 6.07) is 0. The lowest BCUT2D eigenvalue weighted by atomic mass is 9.93. The largest absolute Gasteiger partial charge is 0.379 e. The molecule has 0 rings (SSSR count). The quantitative estimate of drug-likeness (QED) is 0.122. The lowest BCUT2D eigenvalue weighted by molar-refractivity contribution is -0.0170. The second-order valence-electron chi connectivity index (χ2n) is 8.67. The van der Waals surface area contributed by atoms with Crippen LogP contribution >= 0.6 is 0 Å². The predicted octanol–water partition coefficient (Wildman–Crippen LogP) is 6.05. The summed E-state index contributed by atoms with van der Waals surface area (Å²) in [6.07, 6.45) is 14.1. The second-order valence-corrected chi connectivity index (χ2v) is 8.67. The number of rotatable bonds is 29. The Morgan fingerprint density at radius 2 is 0.727 bits per heavy atom. The summed E-state index contributed by atoms with van der Waals surface area (Å²) in [5, 5.41) is 0. The van der Waals surface area contributed by atoms with Crippen molar-refractivity contribution >= 4 is 0 Å². The molecule has 1 unspecified atom stereocenters. The number of ether oxygens (including phenoxy) is 6. The van der Waals surface area contributed by atoms with Gasteiger partial charge in [0.25, 0.3) is 0 Å². The fourth-order valence-corrected chi connectivity index (χ4v) is 3.64. The topological polar surface area (TPSA) is 55.4 Å². The standard InChI is InChI=1S/C27H56O6/c1-4-7-9-10-15-28-17-19-30-21-23-32-25-26-33-24-22-31-20-18-29-16-11-14-27(12-6-3)13-8-5-2/h27H,4-26H2,1-3H3. The summed E-state index contributed by atoms with van der Waals surface area (Å²) in [5.74, 6) is 0.882. The summed E-state index contributed by atoms with van der Waals surface area (Å²) < 4.78 is 33.3. The molecule has 1 atom stereocenters. The van der Waals surface area contributed by atoms with Gasteiger partial charge in [-0.3, -0.25) is 0 Å². The molecule has 0 fully saturated rings. The highest BCUT2D eigenvalue weighted by molar-refractivity contribution is 4.59. The molecule has 0 bridgehead atoms. The van der Waals surface area contributed by atoms with Gasteiger partial charge in [-0.2, -0.15) is 0 Å². The minimum absolute atomic E-state index is 0.581. The third-order valence-electron chi connectivity index (χ3n) is 5.57. The molecular formula is C27H56O6. The monoisotopic (exact) mass is 476 g/mol. The van der Waals surface area contributed by atoms with Gasteiger partial charge in [-0.25, -0.2) is 0 Å². The molecule has 0 saturated carbocycles. The number of hydrogen-bond acceptors (Lipinski definition) is 6. The summed E-state index contributed by atoms with van der Waals surface area (Å²) in [4.78, 5) is 0. The minimum Gasteiger partial charge on any atom is -0.379 e. The van der Waals surface area contributed by atoms with E-state index in [1.54, 1.807) is 0 Å². The Bertz CT molecular complexity index is 343.